The van der Waals surface area contributed by atoms with Crippen LogP contribution in [0.25, 0.3) is 0 Å². The average Bonchev–Trinajstić information content (AvgIpc) is 2.43. The van der Waals surface area contributed by atoms with E-state index in [4.69, 9.17) is 11.6 Å². The molecule has 1 amide bonds. The molecule has 0 aromatic heterocycles. The highest BCUT2D eigenvalue weighted by Gasteiger charge is 2.16. The van der Waals surface area contributed by atoms with Gasteiger partial charge in [-0.25, -0.2) is 0 Å². The Bertz CT molecular complexity index is 709. The number of halogens is 1. The lowest BCUT2D eigenvalue weighted by Gasteiger charge is -2.10. The number of para-hydroxylation sites is 1. The van der Waals surface area contributed by atoms with E-state index in [-0.39, 0.29) is 11.3 Å². The van der Waals surface area contributed by atoms with Crippen LogP contribution in [-0.4, -0.2) is 10.8 Å². The molecule has 1 N–H and O–H groups in total. The van der Waals surface area contributed by atoms with Gasteiger partial charge in [0.05, 0.1) is 15.6 Å². The van der Waals surface area contributed by atoms with Crippen LogP contribution in [0.2, 0.25) is 5.02 Å². The number of nitro groups is 1. The highest BCUT2D eigenvalue weighted by Crippen LogP contribution is 2.26. The first-order chi connectivity index (χ1) is 9.90. The predicted octanol–water partition coefficient (Wildman–Crippen LogP) is 4.12. The van der Waals surface area contributed by atoms with E-state index in [9.17, 15) is 14.9 Å². The van der Waals surface area contributed by atoms with E-state index in [1.807, 2.05) is 13.0 Å². The predicted molar refractivity (Wildman–Crippen MR) is 82.0 cm³/mol. The molecule has 0 aliphatic carbocycles. The highest BCUT2D eigenvalue weighted by atomic mass is 35.5. The number of benzene rings is 2. The Kier molecular flexibility index (Phi) is 4.23. The van der Waals surface area contributed by atoms with Gasteiger partial charge in [-0.1, -0.05) is 29.8 Å². The van der Waals surface area contributed by atoms with Gasteiger partial charge in [0.2, 0.25) is 0 Å². The monoisotopic (exact) mass is 304 g/mol. The molecule has 0 aliphatic rings. The number of rotatable bonds is 3. The molecule has 0 heterocycles. The van der Waals surface area contributed by atoms with Gasteiger partial charge < -0.3 is 5.32 Å². The fourth-order valence-electron chi connectivity index (χ4n) is 1.92. The van der Waals surface area contributed by atoms with Crippen molar-refractivity contribution in [3.05, 3.63) is 68.2 Å². The van der Waals surface area contributed by atoms with Crippen LogP contribution in [0.3, 0.4) is 0 Å². The number of hydrogen-bond donors (Lipinski definition) is 1. The second-order valence-corrected chi connectivity index (χ2v) is 5.05. The zero-order valence-corrected chi connectivity index (χ0v) is 12.3. The number of carbonyl (C=O) groups excluding carboxylic acids is 1. The molecule has 108 valence electrons. The second-order valence-electron chi connectivity index (χ2n) is 4.64. The van der Waals surface area contributed by atoms with Crippen LogP contribution < -0.4 is 5.32 Å². The zero-order chi connectivity index (χ0) is 15.6. The van der Waals surface area contributed by atoms with Crippen molar-refractivity contribution < 1.29 is 9.72 Å². The smallest absolute Gasteiger partial charge is 0.273 e. The Morgan fingerprint density at radius 2 is 1.90 bits per heavy atom. The molecule has 2 aromatic rings. The van der Waals surface area contributed by atoms with E-state index in [0.717, 1.165) is 5.56 Å². The largest absolute Gasteiger partial charge is 0.320 e. The quantitative estimate of drug-likeness (QED) is 0.685. The van der Waals surface area contributed by atoms with E-state index in [1.54, 1.807) is 31.2 Å². The van der Waals surface area contributed by atoms with Crippen molar-refractivity contribution in [1.82, 2.24) is 0 Å². The van der Waals surface area contributed by atoms with Crippen LogP contribution in [0.15, 0.2) is 36.4 Å². The minimum absolute atomic E-state index is 0.0847. The summed E-state index contributed by atoms with van der Waals surface area (Å²) in [6, 6.07) is 9.62. The van der Waals surface area contributed by atoms with E-state index < -0.39 is 10.8 Å². The van der Waals surface area contributed by atoms with E-state index in [0.29, 0.717) is 16.3 Å². The third-order valence-corrected chi connectivity index (χ3v) is 3.44. The normalized spacial score (nSPS) is 10.2. The molecular weight excluding hydrogens is 292 g/mol. The molecule has 5 nitrogen and oxygen atoms in total. The number of anilines is 1. The number of nitro benzene ring substituents is 1. The Hall–Kier alpha value is -2.40. The molecule has 0 saturated heterocycles. The lowest BCUT2D eigenvalue weighted by molar-refractivity contribution is -0.385. The SMILES string of the molecule is Cc1ccc(C(=O)Nc2c(C)cccc2Cl)cc1[N+](=O)[O-]. The summed E-state index contributed by atoms with van der Waals surface area (Å²) in [7, 11) is 0. The molecule has 0 spiro atoms. The molecule has 0 unspecified atom stereocenters. The van der Waals surface area contributed by atoms with Gasteiger partial charge in [-0.15, -0.1) is 0 Å². The molecule has 0 aliphatic heterocycles. The van der Waals surface area contributed by atoms with Crippen LogP contribution in [0.5, 0.6) is 0 Å². The minimum atomic E-state index is -0.507. The van der Waals surface area contributed by atoms with Crippen LogP contribution in [0.4, 0.5) is 11.4 Å². The summed E-state index contributed by atoms with van der Waals surface area (Å²) in [5.74, 6) is -0.436. The van der Waals surface area contributed by atoms with Crippen LogP contribution in [0, 0.1) is 24.0 Å². The zero-order valence-electron chi connectivity index (χ0n) is 11.5. The molecule has 0 atom stereocenters. The topological polar surface area (TPSA) is 72.2 Å². The van der Waals surface area contributed by atoms with Crippen molar-refractivity contribution >= 4 is 28.9 Å². The van der Waals surface area contributed by atoms with Crippen molar-refractivity contribution in [2.45, 2.75) is 13.8 Å². The number of aryl methyl sites for hydroxylation is 2. The number of carbonyl (C=O) groups is 1. The summed E-state index contributed by atoms with van der Waals surface area (Å²) < 4.78 is 0. The van der Waals surface area contributed by atoms with Gasteiger partial charge in [-0.3, -0.25) is 14.9 Å². The van der Waals surface area contributed by atoms with Crippen molar-refractivity contribution in [3.8, 4) is 0 Å². The Morgan fingerprint density at radius 1 is 1.19 bits per heavy atom. The van der Waals surface area contributed by atoms with E-state index in [2.05, 4.69) is 5.32 Å². The first kappa shape index (κ1) is 15.0. The molecule has 2 rings (SSSR count). The van der Waals surface area contributed by atoms with Gasteiger partial charge in [0, 0.05) is 17.2 Å². The summed E-state index contributed by atoms with van der Waals surface area (Å²) in [5.41, 5.74) is 1.96. The van der Waals surface area contributed by atoms with E-state index in [1.165, 1.54) is 6.07 Å². The van der Waals surface area contributed by atoms with E-state index >= 15 is 0 Å². The van der Waals surface area contributed by atoms with Crippen molar-refractivity contribution in [1.29, 1.82) is 0 Å². The van der Waals surface area contributed by atoms with Gasteiger partial charge >= 0.3 is 0 Å². The van der Waals surface area contributed by atoms with Gasteiger partial charge in [-0.2, -0.15) is 0 Å². The van der Waals surface area contributed by atoms with Crippen molar-refractivity contribution in [3.63, 3.8) is 0 Å². The lowest BCUT2D eigenvalue weighted by Crippen LogP contribution is -2.13. The number of amides is 1. The maximum absolute atomic E-state index is 12.2. The summed E-state index contributed by atoms with van der Waals surface area (Å²) in [4.78, 5) is 22.6. The van der Waals surface area contributed by atoms with Gasteiger partial charge in [-0.05, 0) is 31.5 Å². The lowest BCUT2D eigenvalue weighted by atomic mass is 10.1. The average molecular weight is 305 g/mol. The summed E-state index contributed by atoms with van der Waals surface area (Å²) in [6.45, 7) is 3.44. The summed E-state index contributed by atoms with van der Waals surface area (Å²) in [5, 5.41) is 14.0. The Morgan fingerprint density at radius 3 is 2.52 bits per heavy atom. The van der Waals surface area contributed by atoms with Crippen molar-refractivity contribution in [2.75, 3.05) is 5.32 Å². The van der Waals surface area contributed by atoms with Crippen molar-refractivity contribution in [2.24, 2.45) is 0 Å². The fourth-order valence-corrected chi connectivity index (χ4v) is 2.19. The highest BCUT2D eigenvalue weighted by molar-refractivity contribution is 6.34. The van der Waals surface area contributed by atoms with Crippen LogP contribution in [0.1, 0.15) is 21.5 Å². The van der Waals surface area contributed by atoms with Gasteiger partial charge in [0.1, 0.15) is 0 Å². The number of hydrogen-bond acceptors (Lipinski definition) is 3. The third kappa shape index (κ3) is 3.20. The first-order valence-electron chi connectivity index (χ1n) is 6.21. The standard InChI is InChI=1S/C15H13ClN2O3/c1-9-6-7-11(8-13(9)18(20)21)15(19)17-14-10(2)4-3-5-12(14)16/h3-8H,1-2H3,(H,17,19). The number of nitrogens with one attached hydrogen (secondary N) is 1. The van der Waals surface area contributed by atoms with Gasteiger partial charge in [0.15, 0.2) is 0 Å². The maximum Gasteiger partial charge on any atom is 0.273 e. The molecule has 0 radical (unpaired) electrons. The second kappa shape index (κ2) is 5.93. The summed E-state index contributed by atoms with van der Waals surface area (Å²) >= 11 is 6.05. The molecule has 0 fully saturated rings. The van der Waals surface area contributed by atoms with Crippen LogP contribution >= 0.6 is 11.6 Å². The maximum atomic E-state index is 12.2. The first-order valence-corrected chi connectivity index (χ1v) is 6.59. The summed E-state index contributed by atoms with van der Waals surface area (Å²) in [6.07, 6.45) is 0. The molecule has 6 heteroatoms. The molecule has 0 saturated carbocycles. The van der Waals surface area contributed by atoms with Crippen LogP contribution in [-0.2, 0) is 0 Å². The minimum Gasteiger partial charge on any atom is -0.320 e. The Balaban J connectivity index is 2.33. The van der Waals surface area contributed by atoms with Gasteiger partial charge in [0.25, 0.3) is 11.6 Å². The third-order valence-electron chi connectivity index (χ3n) is 3.13. The fraction of sp³-hybridized carbons (Fsp3) is 0.133. The molecule has 21 heavy (non-hydrogen) atoms. The molecular formula is C15H13ClN2O3. The molecule has 0 bridgehead atoms. The number of nitrogens with zero attached hydrogens (tertiary/aromatic N) is 1. The molecule has 2 aromatic carbocycles. The Labute approximate surface area is 126 Å².